The fraction of sp³-hybridized carbons (Fsp3) is 0.222. The second-order valence-electron chi connectivity index (χ2n) is 8.05. The van der Waals surface area contributed by atoms with Gasteiger partial charge in [-0.05, 0) is 60.5 Å². The van der Waals surface area contributed by atoms with Gasteiger partial charge in [-0.2, -0.15) is 0 Å². The van der Waals surface area contributed by atoms with E-state index in [9.17, 15) is 4.79 Å². The Hall–Kier alpha value is -3.97. The van der Waals surface area contributed by atoms with Crippen molar-refractivity contribution in [1.29, 1.82) is 0 Å². The van der Waals surface area contributed by atoms with Gasteiger partial charge in [0.15, 0.2) is 0 Å². The van der Waals surface area contributed by atoms with Gasteiger partial charge in [-0.1, -0.05) is 12.1 Å². The van der Waals surface area contributed by atoms with Gasteiger partial charge in [-0.25, -0.2) is 0 Å². The predicted molar refractivity (Wildman–Crippen MR) is 128 cm³/mol. The molecule has 5 rings (SSSR count). The van der Waals surface area contributed by atoms with Crippen LogP contribution in [0.15, 0.2) is 76.1 Å². The zero-order valence-corrected chi connectivity index (χ0v) is 19.1. The van der Waals surface area contributed by atoms with Gasteiger partial charge in [0, 0.05) is 13.1 Å². The molecule has 4 aromatic rings. The van der Waals surface area contributed by atoms with E-state index in [4.69, 9.17) is 23.4 Å². The highest BCUT2D eigenvalue weighted by molar-refractivity contribution is 5.83. The van der Waals surface area contributed by atoms with Gasteiger partial charge in [0.25, 0.3) is 0 Å². The van der Waals surface area contributed by atoms with E-state index in [1.807, 2.05) is 18.2 Å². The van der Waals surface area contributed by atoms with Gasteiger partial charge in [0.1, 0.15) is 41.6 Å². The minimum absolute atomic E-state index is 0.130. The number of hydrogen-bond acceptors (Lipinski definition) is 7. The van der Waals surface area contributed by atoms with E-state index in [1.54, 1.807) is 44.6 Å². The summed E-state index contributed by atoms with van der Waals surface area (Å²) in [6, 6.07) is 18.6. The Morgan fingerprint density at radius 2 is 1.56 bits per heavy atom. The van der Waals surface area contributed by atoms with Crippen LogP contribution in [-0.4, -0.2) is 32.4 Å². The summed E-state index contributed by atoms with van der Waals surface area (Å²) in [7, 11) is 3.26. The van der Waals surface area contributed by atoms with Crippen molar-refractivity contribution in [1.82, 2.24) is 4.90 Å². The van der Waals surface area contributed by atoms with Crippen molar-refractivity contribution in [2.75, 3.05) is 27.5 Å². The fourth-order valence-electron chi connectivity index (χ4n) is 4.00. The number of benzene rings is 3. The van der Waals surface area contributed by atoms with Gasteiger partial charge in [-0.3, -0.25) is 9.69 Å². The average molecular weight is 459 g/mol. The topological polar surface area (TPSA) is 70.4 Å². The Labute approximate surface area is 197 Å². The summed E-state index contributed by atoms with van der Waals surface area (Å²) >= 11 is 0. The van der Waals surface area contributed by atoms with Crippen LogP contribution in [0.3, 0.4) is 0 Å². The number of hydrogen-bond donors (Lipinski definition) is 0. The Kier molecular flexibility index (Phi) is 6.10. The number of nitrogens with zero attached hydrogens (tertiary/aromatic N) is 1. The first-order valence-corrected chi connectivity index (χ1v) is 11.0. The normalized spacial score (nSPS) is 13.2. The van der Waals surface area contributed by atoms with Crippen molar-refractivity contribution in [3.05, 3.63) is 88.3 Å². The lowest BCUT2D eigenvalue weighted by Crippen LogP contribution is -2.33. The van der Waals surface area contributed by atoms with Crippen LogP contribution in [-0.2, 0) is 13.0 Å². The summed E-state index contributed by atoms with van der Waals surface area (Å²) in [5, 5.41) is 0.463. The maximum absolute atomic E-state index is 13.1. The second kappa shape index (κ2) is 9.49. The monoisotopic (exact) mass is 459 g/mol. The van der Waals surface area contributed by atoms with E-state index in [1.165, 1.54) is 11.8 Å². The highest BCUT2D eigenvalue weighted by Gasteiger charge is 2.23. The molecule has 0 saturated carbocycles. The first-order valence-electron chi connectivity index (χ1n) is 11.0. The van der Waals surface area contributed by atoms with Crippen molar-refractivity contribution >= 4 is 11.0 Å². The molecule has 0 bridgehead atoms. The molecular weight excluding hydrogens is 434 g/mol. The molecular formula is C27H25NO6. The van der Waals surface area contributed by atoms with Crippen LogP contribution in [0.25, 0.3) is 11.0 Å². The summed E-state index contributed by atoms with van der Waals surface area (Å²) in [6.45, 7) is 1.92. The number of ether oxygens (including phenoxy) is 4. The Balaban J connectivity index is 1.35. The molecule has 7 nitrogen and oxygen atoms in total. The molecule has 1 aliphatic heterocycles. The minimum atomic E-state index is -0.227. The van der Waals surface area contributed by atoms with E-state index in [0.717, 1.165) is 30.0 Å². The highest BCUT2D eigenvalue weighted by atomic mass is 16.5. The lowest BCUT2D eigenvalue weighted by Gasteiger charge is -2.29. The molecule has 2 heterocycles. The standard InChI is InChI=1S/C27H25NO6/c1-30-19-5-3-18(4-6-19)13-14-28-15-23-24(33-17-28)12-11-22-26(29)25(16-32-27(22)23)34-21-9-7-20(31-2)8-10-21/h3-12,16H,13-15,17H2,1-2H3. The molecule has 0 amide bonds. The van der Waals surface area contributed by atoms with Crippen molar-refractivity contribution in [3.63, 3.8) is 0 Å². The molecule has 7 heteroatoms. The molecule has 0 atom stereocenters. The van der Waals surface area contributed by atoms with E-state index in [2.05, 4.69) is 17.0 Å². The number of rotatable bonds is 7. The van der Waals surface area contributed by atoms with Crippen LogP contribution in [0.5, 0.6) is 28.7 Å². The third-order valence-electron chi connectivity index (χ3n) is 5.92. The maximum atomic E-state index is 13.1. The molecule has 0 radical (unpaired) electrons. The van der Waals surface area contributed by atoms with Crippen LogP contribution < -0.4 is 24.4 Å². The molecule has 34 heavy (non-hydrogen) atoms. The Morgan fingerprint density at radius 3 is 2.26 bits per heavy atom. The third kappa shape index (κ3) is 4.43. The first-order chi connectivity index (χ1) is 16.6. The summed E-state index contributed by atoms with van der Waals surface area (Å²) in [5.41, 5.74) is 2.39. The number of fused-ring (bicyclic) bond motifs is 3. The number of methoxy groups -OCH3 is 2. The van der Waals surface area contributed by atoms with Crippen LogP contribution in [0.2, 0.25) is 0 Å². The van der Waals surface area contributed by atoms with E-state index >= 15 is 0 Å². The molecule has 0 unspecified atom stereocenters. The van der Waals surface area contributed by atoms with Crippen LogP contribution in [0, 0.1) is 0 Å². The van der Waals surface area contributed by atoms with Crippen LogP contribution >= 0.6 is 0 Å². The first kappa shape index (κ1) is 21.9. The lowest BCUT2D eigenvalue weighted by molar-refractivity contribution is 0.0968. The quantitative estimate of drug-likeness (QED) is 0.385. The van der Waals surface area contributed by atoms with Gasteiger partial charge in [0.2, 0.25) is 11.2 Å². The van der Waals surface area contributed by atoms with Gasteiger partial charge < -0.3 is 23.4 Å². The SMILES string of the molecule is COc1ccc(CCN2COc3ccc4c(=O)c(Oc5ccc(OC)cc5)coc4c3C2)cc1. The second-order valence-corrected chi connectivity index (χ2v) is 8.05. The van der Waals surface area contributed by atoms with Crippen molar-refractivity contribution in [2.24, 2.45) is 0 Å². The lowest BCUT2D eigenvalue weighted by atomic mass is 10.1. The molecule has 174 valence electrons. The predicted octanol–water partition coefficient (Wildman–Crippen LogP) is 5.00. The zero-order chi connectivity index (χ0) is 23.5. The molecule has 0 aliphatic carbocycles. The maximum Gasteiger partial charge on any atom is 0.235 e. The summed E-state index contributed by atoms with van der Waals surface area (Å²) in [5.74, 6) is 2.95. The molecule has 0 N–H and O–H groups in total. The van der Waals surface area contributed by atoms with Gasteiger partial charge >= 0.3 is 0 Å². The largest absolute Gasteiger partial charge is 0.497 e. The third-order valence-corrected chi connectivity index (χ3v) is 5.92. The van der Waals surface area contributed by atoms with E-state index in [-0.39, 0.29) is 11.2 Å². The molecule has 0 saturated heterocycles. The van der Waals surface area contributed by atoms with E-state index < -0.39 is 0 Å². The van der Waals surface area contributed by atoms with Crippen molar-refractivity contribution in [3.8, 4) is 28.7 Å². The highest BCUT2D eigenvalue weighted by Crippen LogP contribution is 2.33. The minimum Gasteiger partial charge on any atom is -0.497 e. The molecule has 0 fully saturated rings. The molecule has 1 aliphatic rings. The molecule has 0 spiro atoms. The van der Waals surface area contributed by atoms with Crippen molar-refractivity contribution in [2.45, 2.75) is 13.0 Å². The van der Waals surface area contributed by atoms with Crippen LogP contribution in [0.1, 0.15) is 11.1 Å². The Morgan fingerprint density at radius 1 is 0.882 bits per heavy atom. The molecule has 3 aromatic carbocycles. The van der Waals surface area contributed by atoms with E-state index in [0.29, 0.717) is 35.7 Å². The average Bonchev–Trinajstić information content (AvgIpc) is 2.89. The van der Waals surface area contributed by atoms with Gasteiger partial charge in [0.05, 0.1) is 25.2 Å². The Bertz CT molecular complexity index is 1340. The summed E-state index contributed by atoms with van der Waals surface area (Å²) in [4.78, 5) is 15.3. The summed E-state index contributed by atoms with van der Waals surface area (Å²) < 4.78 is 28.0. The summed E-state index contributed by atoms with van der Waals surface area (Å²) in [6.07, 6.45) is 2.24. The van der Waals surface area contributed by atoms with Gasteiger partial charge in [-0.15, -0.1) is 0 Å². The fourth-order valence-corrected chi connectivity index (χ4v) is 4.00. The molecule has 1 aromatic heterocycles. The smallest absolute Gasteiger partial charge is 0.235 e. The zero-order valence-electron chi connectivity index (χ0n) is 19.1. The van der Waals surface area contributed by atoms with Crippen molar-refractivity contribution < 1.29 is 23.4 Å². The van der Waals surface area contributed by atoms with Crippen LogP contribution in [0.4, 0.5) is 0 Å².